The Hall–Kier alpha value is -1.19. The zero-order valence-corrected chi connectivity index (χ0v) is 17.7. The molecule has 0 atom stereocenters. The number of amides is 1. The number of hydrogen-bond acceptors (Lipinski definition) is 3. The van der Waals surface area contributed by atoms with Gasteiger partial charge in [-0.15, -0.1) is 0 Å². The Balaban J connectivity index is 1.73. The normalized spacial score (nSPS) is 15.8. The Bertz CT molecular complexity index is 996. The summed E-state index contributed by atoms with van der Waals surface area (Å²) in [5.41, 5.74) is 0.354. The molecule has 0 aliphatic carbocycles. The zero-order valence-electron chi connectivity index (χ0n) is 13.8. The number of nitrogens with zero attached hydrogens (tertiary/aromatic N) is 2. The number of benzene rings is 2. The third-order valence-corrected chi connectivity index (χ3v) is 7.22. The molecule has 1 fully saturated rings. The second-order valence-electron chi connectivity index (χ2n) is 5.90. The van der Waals surface area contributed by atoms with Gasteiger partial charge in [-0.25, -0.2) is 12.8 Å². The first-order valence-corrected chi connectivity index (χ1v) is 10.9. The highest BCUT2D eigenvalue weighted by Crippen LogP contribution is 2.25. The van der Waals surface area contributed by atoms with Crippen LogP contribution in [0.1, 0.15) is 10.4 Å². The van der Waals surface area contributed by atoms with Crippen LogP contribution in [0, 0.1) is 5.82 Å². The molecule has 2 aromatic rings. The van der Waals surface area contributed by atoms with Crippen LogP contribution in [0.15, 0.2) is 45.8 Å². The molecule has 1 amide bonds. The highest BCUT2D eigenvalue weighted by molar-refractivity contribution is 9.10. The molecule has 1 saturated heterocycles. The van der Waals surface area contributed by atoms with Crippen LogP contribution in [-0.4, -0.2) is 49.7 Å². The number of halogens is 4. The van der Waals surface area contributed by atoms with Crippen LogP contribution in [0.3, 0.4) is 0 Å². The van der Waals surface area contributed by atoms with Gasteiger partial charge in [-0.2, -0.15) is 4.31 Å². The van der Waals surface area contributed by atoms with Gasteiger partial charge in [0.1, 0.15) is 5.82 Å². The minimum atomic E-state index is -3.82. The maximum Gasteiger partial charge on any atom is 0.255 e. The number of sulfonamides is 1. The monoisotopic (exact) mass is 494 g/mol. The predicted octanol–water partition coefficient (Wildman–Crippen LogP) is 4.04. The summed E-state index contributed by atoms with van der Waals surface area (Å²) in [6, 6.07) is 8.27. The van der Waals surface area contributed by atoms with E-state index in [0.717, 1.165) is 16.6 Å². The summed E-state index contributed by atoms with van der Waals surface area (Å²) in [5.74, 6) is -0.944. The summed E-state index contributed by atoms with van der Waals surface area (Å²) in [6.07, 6.45) is 0. The molecule has 0 spiro atoms. The molecule has 1 aliphatic heterocycles. The van der Waals surface area contributed by atoms with E-state index in [1.165, 1.54) is 10.4 Å². The molecular weight excluding hydrogens is 482 g/mol. The third kappa shape index (κ3) is 4.30. The fourth-order valence-electron chi connectivity index (χ4n) is 2.75. The molecular formula is C17H14BrCl2FN2O3S. The van der Waals surface area contributed by atoms with Crippen molar-refractivity contribution in [3.8, 4) is 0 Å². The summed E-state index contributed by atoms with van der Waals surface area (Å²) in [6.45, 7) is 0.676. The second-order valence-corrected chi connectivity index (χ2v) is 9.56. The standard InChI is InChI=1S/C17H14BrCl2FN2O3S/c18-11-1-3-14(19)13(9-11)17(24)22-5-7-23(8-6-22)27(25,26)12-2-4-16(21)15(20)10-12/h1-4,9-10H,5-8H2. The molecule has 1 aliphatic rings. The average Bonchev–Trinajstić information content (AvgIpc) is 2.65. The lowest BCUT2D eigenvalue weighted by atomic mass is 10.2. The summed E-state index contributed by atoms with van der Waals surface area (Å²) < 4.78 is 40.7. The fraction of sp³-hybridized carbons (Fsp3) is 0.235. The van der Waals surface area contributed by atoms with Crippen LogP contribution in [-0.2, 0) is 10.0 Å². The van der Waals surface area contributed by atoms with E-state index >= 15 is 0 Å². The summed E-state index contributed by atoms with van der Waals surface area (Å²) >= 11 is 15.1. The van der Waals surface area contributed by atoms with Gasteiger partial charge in [0, 0.05) is 30.7 Å². The van der Waals surface area contributed by atoms with E-state index in [4.69, 9.17) is 23.2 Å². The lowest BCUT2D eigenvalue weighted by Gasteiger charge is -2.34. The number of piperazine rings is 1. The van der Waals surface area contributed by atoms with Crippen LogP contribution >= 0.6 is 39.1 Å². The molecule has 0 unspecified atom stereocenters. The topological polar surface area (TPSA) is 57.7 Å². The molecule has 5 nitrogen and oxygen atoms in total. The molecule has 1 heterocycles. The van der Waals surface area contributed by atoms with Gasteiger partial charge in [-0.3, -0.25) is 4.79 Å². The smallest absolute Gasteiger partial charge is 0.255 e. The first kappa shape index (κ1) is 20.5. The average molecular weight is 496 g/mol. The third-order valence-electron chi connectivity index (χ3n) is 4.21. The van der Waals surface area contributed by atoms with E-state index in [9.17, 15) is 17.6 Å². The van der Waals surface area contributed by atoms with E-state index in [1.807, 2.05) is 0 Å². The summed E-state index contributed by atoms with van der Waals surface area (Å²) in [7, 11) is -3.82. The molecule has 144 valence electrons. The Labute approximate surface area is 174 Å². The molecule has 27 heavy (non-hydrogen) atoms. The van der Waals surface area contributed by atoms with Crippen molar-refractivity contribution in [1.29, 1.82) is 0 Å². The van der Waals surface area contributed by atoms with Crippen molar-refractivity contribution in [2.24, 2.45) is 0 Å². The van der Waals surface area contributed by atoms with E-state index < -0.39 is 15.8 Å². The second kappa shape index (κ2) is 8.05. The number of hydrogen-bond donors (Lipinski definition) is 0. The Kier molecular flexibility index (Phi) is 6.12. The SMILES string of the molecule is O=C(c1cc(Br)ccc1Cl)N1CCN(S(=O)(=O)c2ccc(F)c(Cl)c2)CC1. The van der Waals surface area contributed by atoms with Gasteiger partial charge >= 0.3 is 0 Å². The Morgan fingerprint density at radius 3 is 2.30 bits per heavy atom. The number of rotatable bonds is 3. The fourth-order valence-corrected chi connectivity index (χ4v) is 5.00. The van der Waals surface area contributed by atoms with Crippen LogP contribution in [0.25, 0.3) is 0 Å². The van der Waals surface area contributed by atoms with Crippen molar-refractivity contribution >= 4 is 55.1 Å². The van der Waals surface area contributed by atoms with Crippen molar-refractivity contribution in [1.82, 2.24) is 9.21 Å². The molecule has 0 aromatic heterocycles. The lowest BCUT2D eigenvalue weighted by Crippen LogP contribution is -2.50. The summed E-state index contributed by atoms with van der Waals surface area (Å²) in [5, 5.41) is 0.0772. The van der Waals surface area contributed by atoms with E-state index in [2.05, 4.69) is 15.9 Å². The lowest BCUT2D eigenvalue weighted by molar-refractivity contribution is 0.0698. The Morgan fingerprint density at radius 2 is 1.67 bits per heavy atom. The molecule has 3 rings (SSSR count). The minimum Gasteiger partial charge on any atom is -0.336 e. The van der Waals surface area contributed by atoms with Gasteiger partial charge in [0.15, 0.2) is 0 Å². The van der Waals surface area contributed by atoms with Crippen LogP contribution in [0.4, 0.5) is 4.39 Å². The van der Waals surface area contributed by atoms with E-state index in [-0.39, 0.29) is 42.0 Å². The van der Waals surface area contributed by atoms with Crippen molar-refractivity contribution in [3.63, 3.8) is 0 Å². The molecule has 0 radical (unpaired) electrons. The Morgan fingerprint density at radius 1 is 1.00 bits per heavy atom. The molecule has 0 bridgehead atoms. The zero-order chi connectivity index (χ0) is 19.8. The number of carbonyl (C=O) groups is 1. The van der Waals surface area contributed by atoms with E-state index in [0.29, 0.717) is 10.6 Å². The maximum absolute atomic E-state index is 13.3. The van der Waals surface area contributed by atoms with Crippen LogP contribution in [0.5, 0.6) is 0 Å². The molecule has 0 N–H and O–H groups in total. The first-order chi connectivity index (χ1) is 12.7. The van der Waals surface area contributed by atoms with E-state index in [1.54, 1.807) is 23.1 Å². The van der Waals surface area contributed by atoms with Gasteiger partial charge in [0.25, 0.3) is 5.91 Å². The quantitative estimate of drug-likeness (QED) is 0.645. The molecule has 2 aromatic carbocycles. The van der Waals surface area contributed by atoms with Crippen molar-refractivity contribution in [2.75, 3.05) is 26.2 Å². The van der Waals surface area contributed by atoms with Crippen LogP contribution in [0.2, 0.25) is 10.0 Å². The van der Waals surface area contributed by atoms with Gasteiger partial charge in [-0.1, -0.05) is 39.1 Å². The molecule has 10 heteroatoms. The largest absolute Gasteiger partial charge is 0.336 e. The van der Waals surface area contributed by atoms with Gasteiger partial charge < -0.3 is 4.90 Å². The summed E-state index contributed by atoms with van der Waals surface area (Å²) in [4.78, 5) is 14.1. The molecule has 0 saturated carbocycles. The van der Waals surface area contributed by atoms with Crippen molar-refractivity contribution < 1.29 is 17.6 Å². The minimum absolute atomic E-state index is 0.0799. The van der Waals surface area contributed by atoms with Crippen LogP contribution < -0.4 is 0 Å². The van der Waals surface area contributed by atoms with Crippen molar-refractivity contribution in [2.45, 2.75) is 4.90 Å². The maximum atomic E-state index is 13.3. The van der Waals surface area contributed by atoms with Gasteiger partial charge in [0.05, 0.1) is 20.5 Å². The number of carbonyl (C=O) groups excluding carboxylic acids is 1. The predicted molar refractivity (Wildman–Crippen MR) is 105 cm³/mol. The van der Waals surface area contributed by atoms with Gasteiger partial charge in [-0.05, 0) is 36.4 Å². The van der Waals surface area contributed by atoms with Crippen molar-refractivity contribution in [3.05, 3.63) is 62.3 Å². The highest BCUT2D eigenvalue weighted by atomic mass is 79.9. The van der Waals surface area contributed by atoms with Gasteiger partial charge in [0.2, 0.25) is 10.0 Å². The highest BCUT2D eigenvalue weighted by Gasteiger charge is 2.31. The first-order valence-electron chi connectivity index (χ1n) is 7.89.